The first-order valence-corrected chi connectivity index (χ1v) is 10.2. The molecule has 0 radical (unpaired) electrons. The second-order valence-corrected chi connectivity index (χ2v) is 8.20. The third-order valence-corrected chi connectivity index (χ3v) is 5.42. The summed E-state index contributed by atoms with van der Waals surface area (Å²) >= 11 is 0. The molecule has 1 aliphatic carbocycles. The van der Waals surface area contributed by atoms with Gasteiger partial charge in [0, 0.05) is 24.4 Å². The highest BCUT2D eigenvalue weighted by Gasteiger charge is 2.27. The van der Waals surface area contributed by atoms with E-state index < -0.39 is 6.10 Å². The molecule has 0 aromatic heterocycles. The molecular formula is C24H31NO3. The molecule has 1 aliphatic rings. The predicted octanol–water partition coefficient (Wildman–Crippen LogP) is 5.81. The van der Waals surface area contributed by atoms with Gasteiger partial charge in [0.25, 0.3) is 0 Å². The van der Waals surface area contributed by atoms with E-state index in [2.05, 4.69) is 12.1 Å². The fourth-order valence-corrected chi connectivity index (χ4v) is 4.07. The summed E-state index contributed by atoms with van der Waals surface area (Å²) in [5.41, 5.74) is 0.901. The van der Waals surface area contributed by atoms with Crippen LogP contribution in [0.25, 0.3) is 10.8 Å². The molecule has 3 rings (SSSR count). The molecule has 1 N–H and O–H groups in total. The van der Waals surface area contributed by atoms with Gasteiger partial charge in [0.05, 0.1) is 6.10 Å². The second kappa shape index (κ2) is 8.78. The lowest BCUT2D eigenvalue weighted by Crippen LogP contribution is -2.42. The van der Waals surface area contributed by atoms with Gasteiger partial charge in [-0.05, 0) is 69.0 Å². The third kappa shape index (κ3) is 4.56. The molecule has 4 heteroatoms. The molecule has 4 nitrogen and oxygen atoms in total. The quantitative estimate of drug-likeness (QED) is 0.711. The number of hydrogen-bond donors (Lipinski definition) is 1. The van der Waals surface area contributed by atoms with E-state index in [1.54, 1.807) is 4.90 Å². The first-order chi connectivity index (χ1) is 13.4. The van der Waals surface area contributed by atoms with Crippen molar-refractivity contribution in [2.45, 2.75) is 65.1 Å². The third-order valence-electron chi connectivity index (χ3n) is 5.42. The molecular weight excluding hydrogens is 350 g/mol. The Morgan fingerprint density at radius 2 is 1.75 bits per heavy atom. The normalized spacial score (nSPS) is 18.2. The monoisotopic (exact) mass is 381 g/mol. The molecule has 0 saturated heterocycles. The van der Waals surface area contributed by atoms with E-state index in [4.69, 9.17) is 4.74 Å². The van der Waals surface area contributed by atoms with Crippen LogP contribution in [-0.4, -0.2) is 28.2 Å². The van der Waals surface area contributed by atoms with E-state index in [1.165, 1.54) is 0 Å². The van der Waals surface area contributed by atoms with E-state index in [9.17, 15) is 9.90 Å². The molecule has 0 saturated carbocycles. The first-order valence-electron chi connectivity index (χ1n) is 10.2. The van der Waals surface area contributed by atoms with Crippen LogP contribution in [0.15, 0.2) is 54.3 Å². The summed E-state index contributed by atoms with van der Waals surface area (Å²) in [7, 11) is 0. The first kappa shape index (κ1) is 20.4. The summed E-state index contributed by atoms with van der Waals surface area (Å²) < 4.78 is 5.70. The van der Waals surface area contributed by atoms with E-state index >= 15 is 0 Å². The summed E-state index contributed by atoms with van der Waals surface area (Å²) in [5.74, 6) is 0.622. The second-order valence-electron chi connectivity index (χ2n) is 8.20. The Hall–Kier alpha value is -2.33. The number of carbonyl (C=O) groups excluding carboxylic acids is 1. The van der Waals surface area contributed by atoms with E-state index in [0.29, 0.717) is 5.76 Å². The van der Waals surface area contributed by atoms with Crippen molar-refractivity contribution in [3.05, 3.63) is 59.9 Å². The molecule has 0 fully saturated rings. The lowest BCUT2D eigenvalue weighted by Gasteiger charge is -2.31. The largest absolute Gasteiger partial charge is 0.415 e. The Bertz CT molecular complexity index is 848. The van der Waals surface area contributed by atoms with Crippen molar-refractivity contribution in [2.24, 2.45) is 5.92 Å². The minimum atomic E-state index is -0.607. The Kier molecular flexibility index (Phi) is 6.40. The maximum absolute atomic E-state index is 12.6. The van der Waals surface area contributed by atoms with Crippen molar-refractivity contribution < 1.29 is 14.6 Å². The predicted molar refractivity (Wildman–Crippen MR) is 113 cm³/mol. The molecule has 0 unspecified atom stereocenters. The van der Waals surface area contributed by atoms with E-state index in [0.717, 1.165) is 35.6 Å². The van der Waals surface area contributed by atoms with E-state index in [1.807, 2.05) is 64.1 Å². The van der Waals surface area contributed by atoms with Crippen molar-refractivity contribution in [3.63, 3.8) is 0 Å². The fourth-order valence-electron chi connectivity index (χ4n) is 4.07. The lowest BCUT2D eigenvalue weighted by molar-refractivity contribution is 0.0889. The lowest BCUT2D eigenvalue weighted by atomic mass is 9.86. The molecule has 150 valence electrons. The number of aliphatic hydroxyl groups is 1. The number of hydrogen-bond acceptors (Lipinski definition) is 3. The van der Waals surface area contributed by atoms with Crippen molar-refractivity contribution in [2.75, 3.05) is 0 Å². The SMILES string of the molecule is CC(C)N(C(=O)OC1=C[C@H]([C@H](O)c2ccc3ccccc3c2)CCC1)C(C)C. The van der Waals surface area contributed by atoms with E-state index in [-0.39, 0.29) is 24.1 Å². The highest BCUT2D eigenvalue weighted by Crippen LogP contribution is 2.34. The zero-order valence-electron chi connectivity index (χ0n) is 17.3. The minimum Gasteiger partial charge on any atom is -0.415 e. The van der Waals surface area contributed by atoms with Crippen molar-refractivity contribution >= 4 is 16.9 Å². The number of allylic oxidation sites excluding steroid dienone is 1. The summed E-state index contributed by atoms with van der Waals surface area (Å²) in [5, 5.41) is 13.2. The number of benzene rings is 2. The van der Waals surface area contributed by atoms with Gasteiger partial charge < -0.3 is 14.7 Å². The number of fused-ring (bicyclic) bond motifs is 1. The Balaban J connectivity index is 1.75. The van der Waals surface area contributed by atoms with Gasteiger partial charge in [-0.1, -0.05) is 36.4 Å². The van der Waals surface area contributed by atoms with Crippen molar-refractivity contribution in [1.82, 2.24) is 4.90 Å². The fraction of sp³-hybridized carbons (Fsp3) is 0.458. The summed E-state index contributed by atoms with van der Waals surface area (Å²) in [4.78, 5) is 14.3. The minimum absolute atomic E-state index is 0.0516. The van der Waals surface area contributed by atoms with Gasteiger partial charge >= 0.3 is 6.09 Å². The van der Waals surface area contributed by atoms with Gasteiger partial charge in [-0.3, -0.25) is 0 Å². The number of nitrogens with zero attached hydrogens (tertiary/aromatic N) is 1. The van der Waals surface area contributed by atoms with Crippen LogP contribution in [0.5, 0.6) is 0 Å². The molecule has 28 heavy (non-hydrogen) atoms. The van der Waals surface area contributed by atoms with Gasteiger partial charge in [0.15, 0.2) is 0 Å². The highest BCUT2D eigenvalue weighted by molar-refractivity contribution is 5.83. The summed E-state index contributed by atoms with van der Waals surface area (Å²) in [6.45, 7) is 7.96. The number of amides is 1. The summed E-state index contributed by atoms with van der Waals surface area (Å²) in [6, 6.07) is 14.4. The van der Waals surface area contributed by atoms with Gasteiger partial charge in [0.1, 0.15) is 5.76 Å². The number of aliphatic hydroxyl groups excluding tert-OH is 1. The standard InChI is InChI=1S/C24H31NO3/c1-16(2)25(17(3)4)24(27)28-22-11-7-10-20(15-22)23(26)21-13-12-18-8-5-6-9-19(18)14-21/h5-6,8-9,12-17,20,23,26H,7,10-11H2,1-4H3/t20-,23+/m1/s1. The smallest absolute Gasteiger partial charge is 0.415 e. The highest BCUT2D eigenvalue weighted by atomic mass is 16.6. The number of ether oxygens (including phenoxy) is 1. The van der Waals surface area contributed by atoms with Gasteiger partial charge in [-0.15, -0.1) is 0 Å². The number of rotatable bonds is 5. The Morgan fingerprint density at radius 3 is 2.43 bits per heavy atom. The molecule has 2 atom stereocenters. The van der Waals surface area contributed by atoms with Crippen LogP contribution in [0.4, 0.5) is 4.79 Å². The van der Waals surface area contributed by atoms with Gasteiger partial charge in [0.2, 0.25) is 0 Å². The zero-order valence-corrected chi connectivity index (χ0v) is 17.3. The van der Waals surface area contributed by atoms with Crippen LogP contribution in [0.1, 0.15) is 58.6 Å². The topological polar surface area (TPSA) is 49.8 Å². The maximum Gasteiger partial charge on any atom is 0.415 e. The maximum atomic E-state index is 12.6. The Labute approximate surface area is 167 Å². The van der Waals surface area contributed by atoms with Crippen molar-refractivity contribution in [1.29, 1.82) is 0 Å². The molecule has 0 spiro atoms. The molecule has 2 aromatic rings. The van der Waals surface area contributed by atoms with Crippen LogP contribution >= 0.6 is 0 Å². The average molecular weight is 382 g/mol. The van der Waals surface area contributed by atoms with Crippen molar-refractivity contribution in [3.8, 4) is 0 Å². The molecule has 0 bridgehead atoms. The molecule has 0 heterocycles. The summed E-state index contributed by atoms with van der Waals surface area (Å²) in [6.07, 6.45) is 3.55. The van der Waals surface area contributed by atoms with Gasteiger partial charge in [-0.25, -0.2) is 4.79 Å². The van der Waals surface area contributed by atoms with Crippen LogP contribution < -0.4 is 0 Å². The van der Waals surface area contributed by atoms with Crippen LogP contribution in [-0.2, 0) is 4.74 Å². The Morgan fingerprint density at radius 1 is 1.07 bits per heavy atom. The molecule has 0 aliphatic heterocycles. The van der Waals surface area contributed by atoms with Crippen LogP contribution in [0, 0.1) is 5.92 Å². The number of carbonyl (C=O) groups is 1. The van der Waals surface area contributed by atoms with Gasteiger partial charge in [-0.2, -0.15) is 0 Å². The molecule has 1 amide bonds. The molecule has 2 aromatic carbocycles. The van der Waals surface area contributed by atoms with Crippen LogP contribution in [0.3, 0.4) is 0 Å². The zero-order chi connectivity index (χ0) is 20.3. The average Bonchev–Trinajstić information content (AvgIpc) is 2.66. The van der Waals surface area contributed by atoms with Crippen LogP contribution in [0.2, 0.25) is 0 Å².